The van der Waals surface area contributed by atoms with Crippen molar-refractivity contribution in [2.45, 2.75) is 6.92 Å². The molecule has 3 rings (SSSR count). The summed E-state index contributed by atoms with van der Waals surface area (Å²) in [5.41, 5.74) is 0.921. The molecule has 5 nitrogen and oxygen atoms in total. The second kappa shape index (κ2) is 4.20. The fraction of sp³-hybridized carbons (Fsp3) is 0.0714. The highest BCUT2D eigenvalue weighted by Gasteiger charge is 2.08. The van der Waals surface area contributed by atoms with Gasteiger partial charge in [0.25, 0.3) is 11.1 Å². The lowest BCUT2D eigenvalue weighted by molar-refractivity contribution is 0.819. The molecule has 1 N–H and O–H groups in total. The van der Waals surface area contributed by atoms with Crippen LogP contribution in [-0.4, -0.2) is 14.8 Å². The number of hydrogen-bond acceptors (Lipinski definition) is 3. The van der Waals surface area contributed by atoms with Crippen molar-refractivity contribution in [3.05, 3.63) is 69.0 Å². The smallest absolute Gasteiger partial charge is 0.284 e. The van der Waals surface area contributed by atoms with Crippen molar-refractivity contribution in [1.82, 2.24) is 14.8 Å². The molecule has 0 atom stereocenters. The zero-order chi connectivity index (χ0) is 13.4. The van der Waals surface area contributed by atoms with E-state index in [1.54, 1.807) is 18.2 Å². The average Bonchev–Trinajstić information content (AvgIpc) is 2.40. The van der Waals surface area contributed by atoms with Crippen LogP contribution in [-0.2, 0) is 0 Å². The van der Waals surface area contributed by atoms with E-state index in [2.05, 4.69) is 10.1 Å². The van der Waals surface area contributed by atoms with Gasteiger partial charge in [0.2, 0.25) is 0 Å². The maximum Gasteiger partial charge on any atom is 0.284 e. The Balaban J connectivity index is 2.35. The number of rotatable bonds is 1. The number of aromatic nitrogens is 3. The van der Waals surface area contributed by atoms with E-state index in [-0.39, 0.29) is 5.39 Å². The largest absolute Gasteiger partial charge is 0.328 e. The Bertz CT molecular complexity index is 860. The minimum atomic E-state index is -0.414. The molecular formula is C14H11N3O2. The number of benzene rings is 1. The normalized spacial score (nSPS) is 10.8. The van der Waals surface area contributed by atoms with Gasteiger partial charge in [0.15, 0.2) is 0 Å². The molecule has 0 aliphatic carbocycles. The fourth-order valence-corrected chi connectivity index (χ4v) is 1.97. The summed E-state index contributed by atoms with van der Waals surface area (Å²) in [7, 11) is 0. The maximum absolute atomic E-state index is 12.3. The van der Waals surface area contributed by atoms with Gasteiger partial charge in [0.1, 0.15) is 5.39 Å². The summed E-state index contributed by atoms with van der Waals surface area (Å²) < 4.78 is 1.23. The van der Waals surface area contributed by atoms with E-state index >= 15 is 0 Å². The number of fused-ring (bicyclic) bond motifs is 1. The van der Waals surface area contributed by atoms with Crippen molar-refractivity contribution in [2.75, 3.05) is 0 Å². The Morgan fingerprint density at radius 1 is 1.11 bits per heavy atom. The summed E-state index contributed by atoms with van der Waals surface area (Å²) in [6, 6.07) is 9.04. The van der Waals surface area contributed by atoms with Gasteiger partial charge in [-0.15, -0.1) is 0 Å². The van der Waals surface area contributed by atoms with Crippen LogP contribution >= 0.6 is 0 Å². The van der Waals surface area contributed by atoms with Crippen LogP contribution in [0.5, 0.6) is 0 Å². The summed E-state index contributed by atoms with van der Waals surface area (Å²) in [6.45, 7) is 1.96. The van der Waals surface area contributed by atoms with Gasteiger partial charge in [-0.25, -0.2) is 0 Å². The maximum atomic E-state index is 12.3. The summed E-state index contributed by atoms with van der Waals surface area (Å²) in [5.74, 6) is 0. The number of nitrogens with zero attached hydrogens (tertiary/aromatic N) is 2. The first-order valence-electron chi connectivity index (χ1n) is 5.83. The molecule has 19 heavy (non-hydrogen) atoms. The van der Waals surface area contributed by atoms with E-state index in [4.69, 9.17) is 0 Å². The summed E-state index contributed by atoms with van der Waals surface area (Å²) in [4.78, 5) is 26.6. The van der Waals surface area contributed by atoms with Crippen molar-refractivity contribution in [3.63, 3.8) is 0 Å². The number of aromatic amines is 1. The topological polar surface area (TPSA) is 67.8 Å². The van der Waals surface area contributed by atoms with Crippen LogP contribution in [0.3, 0.4) is 0 Å². The summed E-state index contributed by atoms with van der Waals surface area (Å²) in [6.07, 6.45) is 3.02. The van der Waals surface area contributed by atoms with Gasteiger partial charge in [0, 0.05) is 11.6 Å². The number of hydrogen-bond donors (Lipinski definition) is 1. The van der Waals surface area contributed by atoms with Gasteiger partial charge >= 0.3 is 0 Å². The standard InChI is InChI=1S/C14H11N3O2/c1-9-2-4-11(5-3-9)17-14(19)12-10(8-16-17)6-7-15-13(12)18/h2-8H,1H3,(H,15,18). The zero-order valence-electron chi connectivity index (χ0n) is 10.3. The first-order valence-corrected chi connectivity index (χ1v) is 5.83. The predicted octanol–water partition coefficient (Wildman–Crippen LogP) is 1.38. The van der Waals surface area contributed by atoms with Gasteiger partial charge in [-0.3, -0.25) is 9.59 Å². The third-order valence-electron chi connectivity index (χ3n) is 2.99. The molecule has 0 spiro atoms. The van der Waals surface area contributed by atoms with Gasteiger partial charge < -0.3 is 4.98 Å². The molecule has 0 amide bonds. The van der Waals surface area contributed by atoms with Crippen molar-refractivity contribution >= 4 is 10.8 Å². The van der Waals surface area contributed by atoms with Crippen LogP contribution in [0, 0.1) is 6.92 Å². The molecule has 0 unspecified atom stereocenters. The molecule has 0 saturated heterocycles. The monoisotopic (exact) mass is 253 g/mol. The first-order chi connectivity index (χ1) is 9.16. The second-order valence-corrected chi connectivity index (χ2v) is 4.33. The third kappa shape index (κ3) is 1.85. The van der Waals surface area contributed by atoms with Crippen LogP contribution in [0.15, 0.2) is 52.3 Å². The molecule has 0 aliphatic heterocycles. The molecular weight excluding hydrogens is 242 g/mol. The molecule has 2 aromatic heterocycles. The lowest BCUT2D eigenvalue weighted by Gasteiger charge is -2.05. The van der Waals surface area contributed by atoms with E-state index in [0.717, 1.165) is 5.56 Å². The average molecular weight is 253 g/mol. The minimum Gasteiger partial charge on any atom is -0.328 e. The van der Waals surface area contributed by atoms with Crippen LogP contribution in [0.1, 0.15) is 5.56 Å². The first kappa shape index (κ1) is 11.4. The molecule has 5 heteroatoms. The molecule has 94 valence electrons. The van der Waals surface area contributed by atoms with Crippen LogP contribution in [0.25, 0.3) is 16.5 Å². The van der Waals surface area contributed by atoms with E-state index in [1.807, 2.05) is 19.1 Å². The number of nitrogens with one attached hydrogen (secondary N) is 1. The Labute approximate surface area is 108 Å². The Hall–Kier alpha value is -2.69. The molecule has 0 saturated carbocycles. The summed E-state index contributed by atoms with van der Waals surface area (Å²) in [5, 5.41) is 4.76. The van der Waals surface area contributed by atoms with Gasteiger partial charge in [-0.05, 0) is 25.1 Å². The lowest BCUT2D eigenvalue weighted by Crippen LogP contribution is -2.26. The van der Waals surface area contributed by atoms with Gasteiger partial charge in [-0.2, -0.15) is 9.78 Å². The quantitative estimate of drug-likeness (QED) is 0.712. The van der Waals surface area contributed by atoms with Crippen molar-refractivity contribution < 1.29 is 0 Å². The molecule has 0 radical (unpaired) electrons. The van der Waals surface area contributed by atoms with Gasteiger partial charge in [-0.1, -0.05) is 17.7 Å². The number of pyridine rings is 1. The molecule has 0 fully saturated rings. The van der Waals surface area contributed by atoms with E-state index in [0.29, 0.717) is 11.1 Å². The third-order valence-corrected chi connectivity index (χ3v) is 2.99. The highest BCUT2D eigenvalue weighted by Crippen LogP contribution is 2.07. The zero-order valence-corrected chi connectivity index (χ0v) is 10.3. The summed E-state index contributed by atoms with van der Waals surface area (Å²) >= 11 is 0. The molecule has 0 aliphatic rings. The SMILES string of the molecule is Cc1ccc(-n2ncc3cc[nH]c(=O)c3c2=O)cc1. The van der Waals surface area contributed by atoms with E-state index in [9.17, 15) is 9.59 Å². The van der Waals surface area contributed by atoms with E-state index < -0.39 is 11.1 Å². The van der Waals surface area contributed by atoms with Crippen LogP contribution < -0.4 is 11.1 Å². The Kier molecular flexibility index (Phi) is 2.52. The number of aryl methyl sites for hydroxylation is 1. The Morgan fingerprint density at radius 2 is 1.84 bits per heavy atom. The fourth-order valence-electron chi connectivity index (χ4n) is 1.97. The molecule has 3 aromatic rings. The lowest BCUT2D eigenvalue weighted by atomic mass is 10.2. The van der Waals surface area contributed by atoms with Crippen LogP contribution in [0.4, 0.5) is 0 Å². The van der Waals surface area contributed by atoms with Gasteiger partial charge in [0.05, 0.1) is 11.9 Å². The van der Waals surface area contributed by atoms with E-state index in [1.165, 1.54) is 17.1 Å². The van der Waals surface area contributed by atoms with Crippen molar-refractivity contribution in [1.29, 1.82) is 0 Å². The highest BCUT2D eigenvalue weighted by atomic mass is 16.1. The second-order valence-electron chi connectivity index (χ2n) is 4.33. The molecule has 1 aromatic carbocycles. The highest BCUT2D eigenvalue weighted by molar-refractivity contribution is 5.79. The molecule has 2 heterocycles. The predicted molar refractivity (Wildman–Crippen MR) is 72.7 cm³/mol. The minimum absolute atomic E-state index is 0.123. The Morgan fingerprint density at radius 3 is 2.58 bits per heavy atom. The van der Waals surface area contributed by atoms with Crippen molar-refractivity contribution in [2.24, 2.45) is 0 Å². The van der Waals surface area contributed by atoms with Crippen LogP contribution in [0.2, 0.25) is 0 Å². The van der Waals surface area contributed by atoms with Crippen molar-refractivity contribution in [3.8, 4) is 5.69 Å². The molecule has 0 bridgehead atoms. The number of H-pyrrole nitrogens is 1.